The molecule has 0 bridgehead atoms. The molecule has 2 aromatic rings. The lowest BCUT2D eigenvalue weighted by Crippen LogP contribution is -2.41. The number of hydrogen-bond acceptors (Lipinski definition) is 6. The Morgan fingerprint density at radius 3 is 2.19 bits per heavy atom. The molecule has 3 heterocycles. The lowest BCUT2D eigenvalue weighted by Gasteiger charge is -2.30. The second-order valence-corrected chi connectivity index (χ2v) is 7.97. The summed E-state index contributed by atoms with van der Waals surface area (Å²) in [5, 5.41) is 0. The van der Waals surface area contributed by atoms with E-state index in [-0.39, 0.29) is 10.3 Å². The van der Waals surface area contributed by atoms with Crippen LogP contribution in [-0.2, 0) is 9.47 Å². The smallest absolute Gasteiger partial charge is 0.355 e. The Bertz CT molecular complexity index is 1010. The molecule has 2 aliphatic rings. The van der Waals surface area contributed by atoms with Crippen molar-refractivity contribution in [1.82, 2.24) is 14.5 Å². The lowest BCUT2D eigenvalue weighted by atomic mass is 10.2. The molecule has 1 aromatic heterocycles. The van der Waals surface area contributed by atoms with E-state index in [1.807, 2.05) is 35.2 Å². The van der Waals surface area contributed by atoms with Crippen molar-refractivity contribution >= 4 is 40.7 Å². The van der Waals surface area contributed by atoms with E-state index < -0.39 is 5.69 Å². The normalized spacial score (nSPS) is 17.5. The molecule has 0 amide bonds. The van der Waals surface area contributed by atoms with Crippen molar-refractivity contribution in [3.8, 4) is 0 Å². The van der Waals surface area contributed by atoms with Crippen LogP contribution in [0.2, 0.25) is 0 Å². The number of nitrogens with zero attached hydrogens (tertiary/aromatic N) is 5. The first-order chi connectivity index (χ1) is 15.1. The number of anilines is 1. The van der Waals surface area contributed by atoms with Gasteiger partial charge < -0.3 is 19.3 Å². The Morgan fingerprint density at radius 1 is 0.935 bits per heavy atom. The Kier molecular flexibility index (Phi) is 7.24. The summed E-state index contributed by atoms with van der Waals surface area (Å²) in [5.74, 6) is 1.39. The maximum Gasteiger partial charge on any atom is 0.355 e. The van der Waals surface area contributed by atoms with Gasteiger partial charge in [-0.2, -0.15) is 4.98 Å². The van der Waals surface area contributed by atoms with Crippen molar-refractivity contribution in [2.75, 3.05) is 57.5 Å². The topological polar surface area (TPSA) is 72.2 Å². The minimum atomic E-state index is -0.504. The summed E-state index contributed by atoms with van der Waals surface area (Å²) >= 11 is 12.4. The van der Waals surface area contributed by atoms with Gasteiger partial charge in [-0.3, -0.25) is 0 Å². The van der Waals surface area contributed by atoms with Crippen molar-refractivity contribution in [2.45, 2.75) is 0 Å². The molecule has 1 aromatic carbocycles. The second-order valence-electron chi connectivity index (χ2n) is 7.02. The quantitative estimate of drug-likeness (QED) is 0.512. The van der Waals surface area contributed by atoms with Crippen LogP contribution < -0.4 is 10.6 Å². The average molecular weight is 464 g/mol. The highest BCUT2D eigenvalue weighted by molar-refractivity contribution is 6.58. The van der Waals surface area contributed by atoms with Gasteiger partial charge in [0.1, 0.15) is 16.1 Å². The van der Waals surface area contributed by atoms with E-state index in [1.54, 1.807) is 12.3 Å². The number of aromatic nitrogens is 2. The standard InChI is InChI=1S/C21H23Cl2N5O3/c22-18(23)20(28-7-6-17(24-21(28)29)26-8-12-30-13-9-26)25-19(16-4-2-1-3-5-16)27-10-14-31-15-11-27/h1-7H,8-15H2. The van der Waals surface area contributed by atoms with Gasteiger partial charge in [-0.25, -0.2) is 14.4 Å². The highest BCUT2D eigenvalue weighted by Gasteiger charge is 2.20. The zero-order valence-electron chi connectivity index (χ0n) is 16.9. The molecule has 0 radical (unpaired) electrons. The highest BCUT2D eigenvalue weighted by atomic mass is 35.5. The number of halogens is 2. The van der Waals surface area contributed by atoms with Crippen molar-refractivity contribution in [3.63, 3.8) is 0 Å². The van der Waals surface area contributed by atoms with E-state index in [1.165, 1.54) is 4.57 Å². The maximum atomic E-state index is 12.9. The van der Waals surface area contributed by atoms with Crippen LogP contribution in [-0.4, -0.2) is 72.9 Å². The molecule has 8 nitrogen and oxygen atoms in total. The van der Waals surface area contributed by atoms with Crippen LogP contribution in [0.25, 0.3) is 5.82 Å². The number of benzene rings is 1. The summed E-state index contributed by atoms with van der Waals surface area (Å²) in [5.41, 5.74) is 0.387. The zero-order valence-corrected chi connectivity index (χ0v) is 18.4. The summed E-state index contributed by atoms with van der Waals surface area (Å²) in [7, 11) is 0. The van der Waals surface area contributed by atoms with Crippen LogP contribution in [0.15, 0.2) is 56.9 Å². The Hall–Kier alpha value is -2.39. The van der Waals surface area contributed by atoms with Gasteiger partial charge >= 0.3 is 5.69 Å². The van der Waals surface area contributed by atoms with Crippen molar-refractivity contribution in [3.05, 3.63) is 63.1 Å². The summed E-state index contributed by atoms with van der Waals surface area (Å²) in [6.07, 6.45) is 1.60. The monoisotopic (exact) mass is 463 g/mol. The molecule has 0 aliphatic carbocycles. The number of aliphatic imine (C=N–C) groups is 1. The molecule has 2 saturated heterocycles. The minimum Gasteiger partial charge on any atom is -0.378 e. The van der Waals surface area contributed by atoms with E-state index in [4.69, 9.17) is 37.7 Å². The van der Waals surface area contributed by atoms with Gasteiger partial charge in [0.25, 0.3) is 0 Å². The second kappa shape index (κ2) is 10.3. The molecule has 4 rings (SSSR count). The number of amidine groups is 1. The SMILES string of the molecule is O=c1nc(N2CCOCC2)ccn1C(N=C(c1ccccc1)N1CCOCC1)=C(Cl)Cl. The maximum absolute atomic E-state index is 12.9. The van der Waals surface area contributed by atoms with Crippen LogP contribution in [0.5, 0.6) is 0 Å². The molecule has 0 spiro atoms. The largest absolute Gasteiger partial charge is 0.378 e. The number of hydrogen-bond donors (Lipinski definition) is 0. The van der Waals surface area contributed by atoms with E-state index in [0.29, 0.717) is 64.3 Å². The fourth-order valence-electron chi connectivity index (χ4n) is 3.49. The number of morpholine rings is 2. The molecule has 31 heavy (non-hydrogen) atoms. The van der Waals surface area contributed by atoms with Crippen LogP contribution in [0.3, 0.4) is 0 Å². The lowest BCUT2D eigenvalue weighted by molar-refractivity contribution is 0.0683. The van der Waals surface area contributed by atoms with Gasteiger partial charge in [-0.15, -0.1) is 0 Å². The molecule has 2 aliphatic heterocycles. The Balaban J connectivity index is 1.72. The minimum absolute atomic E-state index is 0.121. The van der Waals surface area contributed by atoms with Crippen LogP contribution in [0.4, 0.5) is 5.82 Å². The van der Waals surface area contributed by atoms with E-state index in [0.717, 1.165) is 5.56 Å². The van der Waals surface area contributed by atoms with Crippen LogP contribution >= 0.6 is 23.2 Å². The molecule has 2 fully saturated rings. The zero-order chi connectivity index (χ0) is 21.6. The predicted molar refractivity (Wildman–Crippen MR) is 122 cm³/mol. The summed E-state index contributed by atoms with van der Waals surface area (Å²) in [4.78, 5) is 25.9. The number of rotatable bonds is 4. The molecule has 0 unspecified atom stereocenters. The molecule has 164 valence electrons. The van der Waals surface area contributed by atoms with Crippen molar-refractivity contribution in [1.29, 1.82) is 0 Å². The molecule has 0 N–H and O–H groups in total. The molecule has 0 atom stereocenters. The summed E-state index contributed by atoms with van der Waals surface area (Å²) < 4.78 is 12.0. The fraction of sp³-hybridized carbons (Fsp3) is 0.381. The Labute approximate surface area is 190 Å². The Morgan fingerprint density at radius 2 is 1.58 bits per heavy atom. The van der Waals surface area contributed by atoms with Gasteiger partial charge in [0.2, 0.25) is 0 Å². The number of ether oxygens (including phenoxy) is 2. The molecular weight excluding hydrogens is 441 g/mol. The third-order valence-corrected chi connectivity index (χ3v) is 5.41. The van der Waals surface area contributed by atoms with E-state index >= 15 is 0 Å². The van der Waals surface area contributed by atoms with Crippen LogP contribution in [0.1, 0.15) is 5.56 Å². The first-order valence-corrected chi connectivity index (χ1v) is 10.8. The van der Waals surface area contributed by atoms with E-state index in [2.05, 4.69) is 9.88 Å². The van der Waals surface area contributed by atoms with Crippen molar-refractivity contribution < 1.29 is 9.47 Å². The predicted octanol–water partition coefficient (Wildman–Crippen LogP) is 2.42. The van der Waals surface area contributed by atoms with Gasteiger partial charge in [0.15, 0.2) is 5.82 Å². The molecule has 0 saturated carbocycles. The van der Waals surface area contributed by atoms with Gasteiger partial charge in [0.05, 0.1) is 26.4 Å². The van der Waals surface area contributed by atoms with Gasteiger partial charge in [-0.05, 0) is 6.07 Å². The van der Waals surface area contributed by atoms with Crippen molar-refractivity contribution in [2.24, 2.45) is 4.99 Å². The average Bonchev–Trinajstić information content (AvgIpc) is 2.82. The van der Waals surface area contributed by atoms with E-state index in [9.17, 15) is 4.79 Å². The molecule has 10 heteroatoms. The third-order valence-electron chi connectivity index (χ3n) is 5.08. The van der Waals surface area contributed by atoms with Gasteiger partial charge in [0, 0.05) is 37.9 Å². The van der Waals surface area contributed by atoms with Crippen LogP contribution in [0, 0.1) is 0 Å². The fourth-order valence-corrected chi connectivity index (χ4v) is 3.76. The third kappa shape index (κ3) is 5.27. The highest BCUT2D eigenvalue weighted by Crippen LogP contribution is 2.22. The summed E-state index contributed by atoms with van der Waals surface area (Å²) in [6, 6.07) is 11.5. The summed E-state index contributed by atoms with van der Waals surface area (Å²) in [6.45, 7) is 5.10. The first kappa shape index (κ1) is 21.8. The molecular formula is C21H23Cl2N5O3. The first-order valence-electron chi connectivity index (χ1n) is 10.1. The van der Waals surface area contributed by atoms with Gasteiger partial charge in [-0.1, -0.05) is 53.5 Å².